The Hall–Kier alpha value is -0.670. The second-order valence-electron chi connectivity index (χ2n) is 3.44. The lowest BCUT2D eigenvalue weighted by atomic mass is 10.2. The van der Waals surface area contributed by atoms with Gasteiger partial charge in [0.1, 0.15) is 0 Å². The molecule has 0 aliphatic rings. The number of hydrogen-bond acceptors (Lipinski definition) is 2. The van der Waals surface area contributed by atoms with Gasteiger partial charge in [0.05, 0.1) is 11.6 Å². The summed E-state index contributed by atoms with van der Waals surface area (Å²) in [5, 5.41) is 10.6. The average molecular weight is 285 g/mol. The average Bonchev–Trinajstić information content (AvgIpc) is 2.34. The predicted molar refractivity (Wildman–Crippen MR) is 72.9 cm³/mol. The zero-order valence-corrected chi connectivity index (χ0v) is 11.2. The Morgan fingerprint density at radius 3 is 2.53 bits per heavy atom. The van der Waals surface area contributed by atoms with Gasteiger partial charge in [0, 0.05) is 14.8 Å². The number of halogens is 2. The minimum atomic E-state index is 0.0152. The number of aliphatic hydroxyl groups excluding tert-OH is 1. The van der Waals surface area contributed by atoms with Crippen molar-refractivity contribution in [3.63, 3.8) is 0 Å². The van der Waals surface area contributed by atoms with Gasteiger partial charge in [0.25, 0.3) is 0 Å². The fraction of sp³-hybridized carbons (Fsp3) is 0.0769. The minimum absolute atomic E-state index is 0.0152. The molecule has 2 rings (SSSR count). The zero-order valence-electron chi connectivity index (χ0n) is 8.86. The number of hydrogen-bond donors (Lipinski definition) is 1. The lowest BCUT2D eigenvalue weighted by Gasteiger charge is -2.08. The van der Waals surface area contributed by atoms with E-state index in [1.807, 2.05) is 30.3 Å². The van der Waals surface area contributed by atoms with Gasteiger partial charge in [-0.05, 0) is 29.8 Å². The topological polar surface area (TPSA) is 20.2 Å². The van der Waals surface area contributed by atoms with Crippen molar-refractivity contribution in [2.75, 3.05) is 0 Å². The van der Waals surface area contributed by atoms with Crippen molar-refractivity contribution < 1.29 is 5.11 Å². The van der Waals surface area contributed by atoms with Gasteiger partial charge in [-0.3, -0.25) is 0 Å². The van der Waals surface area contributed by atoms with E-state index in [1.165, 1.54) is 11.8 Å². The van der Waals surface area contributed by atoms with Crippen molar-refractivity contribution in [2.45, 2.75) is 16.4 Å². The fourth-order valence-electron chi connectivity index (χ4n) is 1.41. The second-order valence-corrected chi connectivity index (χ2v) is 5.37. The molecule has 1 N–H and O–H groups in total. The van der Waals surface area contributed by atoms with E-state index in [2.05, 4.69) is 0 Å². The van der Waals surface area contributed by atoms with E-state index < -0.39 is 0 Å². The van der Waals surface area contributed by atoms with Gasteiger partial charge in [0.2, 0.25) is 0 Å². The Bertz CT molecular complexity index is 529. The third kappa shape index (κ3) is 3.17. The molecule has 0 atom stereocenters. The minimum Gasteiger partial charge on any atom is -0.392 e. The lowest BCUT2D eigenvalue weighted by molar-refractivity contribution is 0.279. The molecule has 0 bridgehead atoms. The molecule has 88 valence electrons. The van der Waals surface area contributed by atoms with E-state index in [0.717, 1.165) is 15.4 Å². The molecule has 0 aromatic heterocycles. The molecule has 0 amide bonds. The van der Waals surface area contributed by atoms with Crippen LogP contribution in [0.4, 0.5) is 0 Å². The Balaban J connectivity index is 2.34. The predicted octanol–water partition coefficient (Wildman–Crippen LogP) is 4.64. The van der Waals surface area contributed by atoms with Gasteiger partial charge >= 0.3 is 0 Å². The van der Waals surface area contributed by atoms with Crippen molar-refractivity contribution in [3.8, 4) is 0 Å². The van der Waals surface area contributed by atoms with Gasteiger partial charge in [0.15, 0.2) is 0 Å². The van der Waals surface area contributed by atoms with Crippen LogP contribution in [0.1, 0.15) is 5.56 Å². The lowest BCUT2D eigenvalue weighted by Crippen LogP contribution is -1.86. The molecular weight excluding hydrogens is 275 g/mol. The molecule has 17 heavy (non-hydrogen) atoms. The molecule has 0 heterocycles. The van der Waals surface area contributed by atoms with Crippen LogP contribution >= 0.6 is 35.0 Å². The van der Waals surface area contributed by atoms with E-state index >= 15 is 0 Å². The molecule has 0 saturated heterocycles. The summed E-state index contributed by atoms with van der Waals surface area (Å²) >= 11 is 13.5. The number of aliphatic hydroxyl groups is 1. The zero-order chi connectivity index (χ0) is 12.3. The Morgan fingerprint density at radius 1 is 1.00 bits per heavy atom. The monoisotopic (exact) mass is 284 g/mol. The summed E-state index contributed by atoms with van der Waals surface area (Å²) in [6, 6.07) is 13.0. The van der Waals surface area contributed by atoms with Gasteiger partial charge in [-0.1, -0.05) is 53.2 Å². The van der Waals surface area contributed by atoms with Crippen molar-refractivity contribution in [1.29, 1.82) is 0 Å². The summed E-state index contributed by atoms with van der Waals surface area (Å²) in [5.41, 5.74) is 0.883. The first-order chi connectivity index (χ1) is 8.20. The van der Waals surface area contributed by atoms with Crippen LogP contribution in [0, 0.1) is 0 Å². The van der Waals surface area contributed by atoms with Crippen LogP contribution in [0.5, 0.6) is 0 Å². The van der Waals surface area contributed by atoms with E-state index in [9.17, 15) is 5.11 Å². The van der Waals surface area contributed by atoms with E-state index in [-0.39, 0.29) is 6.61 Å². The van der Waals surface area contributed by atoms with Crippen LogP contribution in [0.15, 0.2) is 52.3 Å². The third-order valence-corrected chi connectivity index (χ3v) is 4.11. The first kappa shape index (κ1) is 12.8. The standard InChI is InChI=1S/C13H10Cl2OS/c14-10-5-6-11(15)13(7-10)17-12-4-2-1-3-9(12)8-16/h1-7,16H,8H2. The van der Waals surface area contributed by atoms with Gasteiger partial charge in [-0.15, -0.1) is 0 Å². The summed E-state index contributed by atoms with van der Waals surface area (Å²) in [6.45, 7) is 0.0152. The van der Waals surface area contributed by atoms with E-state index in [4.69, 9.17) is 23.2 Å². The summed E-state index contributed by atoms with van der Waals surface area (Å²) in [6.07, 6.45) is 0. The van der Waals surface area contributed by atoms with Crippen LogP contribution in [0.25, 0.3) is 0 Å². The Labute approximate surface area is 114 Å². The number of benzene rings is 2. The summed E-state index contributed by atoms with van der Waals surface area (Å²) in [5.74, 6) is 0. The largest absolute Gasteiger partial charge is 0.392 e. The van der Waals surface area contributed by atoms with Crippen LogP contribution in [0.3, 0.4) is 0 Å². The van der Waals surface area contributed by atoms with Crippen molar-refractivity contribution in [3.05, 3.63) is 58.1 Å². The first-order valence-corrected chi connectivity index (χ1v) is 6.59. The highest BCUT2D eigenvalue weighted by Crippen LogP contribution is 2.36. The highest BCUT2D eigenvalue weighted by atomic mass is 35.5. The summed E-state index contributed by atoms with van der Waals surface area (Å²) in [4.78, 5) is 1.87. The van der Waals surface area contributed by atoms with E-state index in [0.29, 0.717) is 10.0 Å². The molecule has 1 nitrogen and oxygen atoms in total. The molecule has 0 spiro atoms. The summed E-state index contributed by atoms with van der Waals surface area (Å²) in [7, 11) is 0. The molecular formula is C13H10Cl2OS. The maximum Gasteiger partial charge on any atom is 0.0692 e. The Kier molecular flexibility index (Phi) is 4.35. The molecule has 0 saturated carbocycles. The molecule has 0 fully saturated rings. The van der Waals surface area contributed by atoms with Crippen LogP contribution in [-0.2, 0) is 6.61 Å². The molecule has 0 unspecified atom stereocenters. The first-order valence-electron chi connectivity index (χ1n) is 5.02. The van der Waals surface area contributed by atoms with Crippen molar-refractivity contribution in [1.82, 2.24) is 0 Å². The third-order valence-electron chi connectivity index (χ3n) is 2.26. The molecule has 0 aliphatic heterocycles. The highest BCUT2D eigenvalue weighted by molar-refractivity contribution is 7.99. The van der Waals surface area contributed by atoms with Gasteiger partial charge in [-0.25, -0.2) is 0 Å². The van der Waals surface area contributed by atoms with Crippen molar-refractivity contribution >= 4 is 35.0 Å². The molecule has 2 aromatic rings. The summed E-state index contributed by atoms with van der Waals surface area (Å²) < 4.78 is 0. The van der Waals surface area contributed by atoms with Gasteiger partial charge in [-0.2, -0.15) is 0 Å². The fourth-order valence-corrected chi connectivity index (χ4v) is 2.88. The van der Waals surface area contributed by atoms with Gasteiger partial charge < -0.3 is 5.11 Å². The molecule has 0 aliphatic carbocycles. The van der Waals surface area contributed by atoms with Crippen LogP contribution in [0.2, 0.25) is 10.0 Å². The van der Waals surface area contributed by atoms with Crippen LogP contribution in [-0.4, -0.2) is 5.11 Å². The molecule has 4 heteroatoms. The second kappa shape index (κ2) is 5.78. The highest BCUT2D eigenvalue weighted by Gasteiger charge is 2.06. The molecule has 0 radical (unpaired) electrons. The Morgan fingerprint density at radius 2 is 1.76 bits per heavy atom. The quantitative estimate of drug-likeness (QED) is 0.886. The smallest absolute Gasteiger partial charge is 0.0692 e. The normalized spacial score (nSPS) is 10.5. The SMILES string of the molecule is OCc1ccccc1Sc1cc(Cl)ccc1Cl. The van der Waals surface area contributed by atoms with Crippen LogP contribution < -0.4 is 0 Å². The van der Waals surface area contributed by atoms with E-state index in [1.54, 1.807) is 12.1 Å². The molecule has 2 aromatic carbocycles. The maximum atomic E-state index is 9.25. The number of rotatable bonds is 3. The maximum absolute atomic E-state index is 9.25. The van der Waals surface area contributed by atoms with Crippen molar-refractivity contribution in [2.24, 2.45) is 0 Å².